The van der Waals surface area contributed by atoms with Crippen LogP contribution in [-0.2, 0) is 0 Å². The van der Waals surface area contributed by atoms with Crippen molar-refractivity contribution >= 4 is 0 Å². The number of ether oxygens (including phenoxy) is 2. The van der Waals surface area contributed by atoms with Crippen molar-refractivity contribution in [1.29, 1.82) is 0 Å². The summed E-state index contributed by atoms with van der Waals surface area (Å²) in [5, 5.41) is 0. The zero-order valence-corrected chi connectivity index (χ0v) is 11.6. The van der Waals surface area contributed by atoms with Crippen LogP contribution in [0.2, 0.25) is 0 Å². The second-order valence-corrected chi connectivity index (χ2v) is 4.45. The molecule has 0 aromatic heterocycles. The summed E-state index contributed by atoms with van der Waals surface area (Å²) in [6.07, 6.45) is 0. The molecule has 1 atom stereocenters. The van der Waals surface area contributed by atoms with E-state index in [1.165, 1.54) is 6.07 Å². The minimum atomic E-state index is -0.423. The summed E-state index contributed by atoms with van der Waals surface area (Å²) in [4.78, 5) is 0. The van der Waals surface area contributed by atoms with E-state index in [2.05, 4.69) is 0 Å². The van der Waals surface area contributed by atoms with E-state index in [1.54, 1.807) is 43.3 Å². The third-order valence-corrected chi connectivity index (χ3v) is 2.84. The van der Waals surface area contributed by atoms with Gasteiger partial charge in [0, 0.05) is 11.6 Å². The van der Waals surface area contributed by atoms with Crippen LogP contribution >= 0.6 is 0 Å². The van der Waals surface area contributed by atoms with Gasteiger partial charge in [0.1, 0.15) is 11.5 Å². The van der Waals surface area contributed by atoms with E-state index < -0.39 is 5.82 Å². The highest BCUT2D eigenvalue weighted by molar-refractivity contribution is 5.41. The Bertz CT molecular complexity index is 567. The Kier molecular flexibility index (Phi) is 4.58. The first-order chi connectivity index (χ1) is 9.61. The number of hydrogen-bond acceptors (Lipinski definition) is 3. The summed E-state index contributed by atoms with van der Waals surface area (Å²) < 4.78 is 24.9. The Morgan fingerprint density at radius 2 is 1.75 bits per heavy atom. The molecule has 2 rings (SSSR count). The molecule has 4 heteroatoms. The van der Waals surface area contributed by atoms with Crippen LogP contribution in [0.25, 0.3) is 0 Å². The fraction of sp³-hybridized carbons (Fsp3) is 0.250. The number of rotatable bonds is 5. The fourth-order valence-electron chi connectivity index (χ4n) is 1.88. The van der Waals surface area contributed by atoms with Crippen molar-refractivity contribution in [3.63, 3.8) is 0 Å². The van der Waals surface area contributed by atoms with Crippen LogP contribution in [0.3, 0.4) is 0 Å². The Morgan fingerprint density at radius 3 is 2.35 bits per heavy atom. The third kappa shape index (κ3) is 3.27. The van der Waals surface area contributed by atoms with Crippen molar-refractivity contribution in [2.75, 3.05) is 6.61 Å². The van der Waals surface area contributed by atoms with Crippen LogP contribution in [0.1, 0.15) is 25.5 Å². The summed E-state index contributed by atoms with van der Waals surface area (Å²) in [5.74, 6) is 1.04. The first-order valence-electron chi connectivity index (χ1n) is 6.56. The van der Waals surface area contributed by atoms with Crippen LogP contribution in [-0.4, -0.2) is 6.61 Å². The van der Waals surface area contributed by atoms with E-state index in [1.807, 2.05) is 6.92 Å². The van der Waals surface area contributed by atoms with Crippen LogP contribution in [0.4, 0.5) is 4.39 Å². The summed E-state index contributed by atoms with van der Waals surface area (Å²) in [5.41, 5.74) is 6.47. The van der Waals surface area contributed by atoms with Crippen molar-refractivity contribution in [1.82, 2.24) is 0 Å². The van der Waals surface area contributed by atoms with Crippen LogP contribution < -0.4 is 15.2 Å². The summed E-state index contributed by atoms with van der Waals surface area (Å²) in [6.45, 7) is 4.31. The lowest BCUT2D eigenvalue weighted by atomic mass is 10.1. The van der Waals surface area contributed by atoms with E-state index in [0.29, 0.717) is 17.9 Å². The second kappa shape index (κ2) is 6.39. The number of benzene rings is 2. The molecule has 0 bridgehead atoms. The van der Waals surface area contributed by atoms with Gasteiger partial charge in [-0.3, -0.25) is 0 Å². The molecule has 0 fully saturated rings. The van der Waals surface area contributed by atoms with Crippen LogP contribution in [0, 0.1) is 5.82 Å². The number of hydrogen-bond donors (Lipinski definition) is 1. The van der Waals surface area contributed by atoms with Gasteiger partial charge in [-0.2, -0.15) is 0 Å². The average molecular weight is 275 g/mol. The first-order valence-corrected chi connectivity index (χ1v) is 6.56. The van der Waals surface area contributed by atoms with Crippen molar-refractivity contribution in [2.45, 2.75) is 19.9 Å². The highest BCUT2D eigenvalue weighted by Crippen LogP contribution is 2.32. The molecule has 0 amide bonds. The lowest BCUT2D eigenvalue weighted by molar-refractivity contribution is 0.339. The number of para-hydroxylation sites is 1. The average Bonchev–Trinajstić information content (AvgIpc) is 2.43. The van der Waals surface area contributed by atoms with Crippen LogP contribution in [0.5, 0.6) is 17.2 Å². The summed E-state index contributed by atoms with van der Waals surface area (Å²) >= 11 is 0. The molecular formula is C16H18FNO2. The number of halogens is 1. The van der Waals surface area contributed by atoms with Gasteiger partial charge in [-0.05, 0) is 44.2 Å². The van der Waals surface area contributed by atoms with Gasteiger partial charge >= 0.3 is 0 Å². The van der Waals surface area contributed by atoms with E-state index in [0.717, 1.165) is 5.75 Å². The van der Waals surface area contributed by atoms with Gasteiger partial charge < -0.3 is 15.2 Å². The van der Waals surface area contributed by atoms with Gasteiger partial charge in [0.2, 0.25) is 0 Å². The molecule has 0 saturated heterocycles. The monoisotopic (exact) mass is 275 g/mol. The van der Waals surface area contributed by atoms with E-state index in [4.69, 9.17) is 15.2 Å². The van der Waals surface area contributed by atoms with E-state index in [-0.39, 0.29) is 11.8 Å². The number of nitrogens with two attached hydrogens (primary N) is 1. The lowest BCUT2D eigenvalue weighted by Crippen LogP contribution is -2.07. The highest BCUT2D eigenvalue weighted by atomic mass is 19.1. The summed E-state index contributed by atoms with van der Waals surface area (Å²) in [6, 6.07) is 11.5. The highest BCUT2D eigenvalue weighted by Gasteiger charge is 2.13. The maximum absolute atomic E-state index is 13.9. The third-order valence-electron chi connectivity index (χ3n) is 2.84. The molecule has 0 saturated carbocycles. The van der Waals surface area contributed by atoms with Gasteiger partial charge in [0.15, 0.2) is 11.6 Å². The Hall–Kier alpha value is -2.07. The molecule has 0 aliphatic carbocycles. The Balaban J connectivity index is 2.25. The standard InChI is InChI=1S/C16H18FNO2/c1-3-19-12-7-9-13(10-8-12)20-16-14(11(2)18)5-4-6-15(16)17/h4-11H,3,18H2,1-2H3/t11-/m1/s1. The molecule has 0 heterocycles. The van der Waals surface area contributed by atoms with Crippen LogP contribution in [0.15, 0.2) is 42.5 Å². The predicted molar refractivity (Wildman–Crippen MR) is 76.7 cm³/mol. The lowest BCUT2D eigenvalue weighted by Gasteiger charge is -2.14. The van der Waals surface area contributed by atoms with Crippen molar-refractivity contribution < 1.29 is 13.9 Å². The molecule has 2 aromatic rings. The first kappa shape index (κ1) is 14.3. The molecular weight excluding hydrogens is 257 g/mol. The van der Waals surface area contributed by atoms with Gasteiger partial charge in [-0.25, -0.2) is 4.39 Å². The summed E-state index contributed by atoms with van der Waals surface area (Å²) in [7, 11) is 0. The quantitative estimate of drug-likeness (QED) is 0.895. The molecule has 0 aliphatic rings. The SMILES string of the molecule is CCOc1ccc(Oc2c(F)cccc2[C@@H](C)N)cc1. The maximum Gasteiger partial charge on any atom is 0.167 e. The molecule has 3 nitrogen and oxygen atoms in total. The normalized spacial score (nSPS) is 12.0. The largest absolute Gasteiger partial charge is 0.494 e. The predicted octanol–water partition coefficient (Wildman–Crippen LogP) is 4.04. The minimum Gasteiger partial charge on any atom is -0.494 e. The van der Waals surface area contributed by atoms with Crippen molar-refractivity contribution in [3.05, 3.63) is 53.8 Å². The molecule has 0 aliphatic heterocycles. The zero-order valence-electron chi connectivity index (χ0n) is 11.6. The van der Waals surface area contributed by atoms with Gasteiger partial charge in [-0.1, -0.05) is 12.1 Å². The molecule has 0 radical (unpaired) electrons. The Morgan fingerprint density at radius 1 is 1.10 bits per heavy atom. The molecule has 20 heavy (non-hydrogen) atoms. The maximum atomic E-state index is 13.9. The van der Waals surface area contributed by atoms with Gasteiger partial charge in [-0.15, -0.1) is 0 Å². The van der Waals surface area contributed by atoms with E-state index in [9.17, 15) is 4.39 Å². The topological polar surface area (TPSA) is 44.5 Å². The fourth-order valence-corrected chi connectivity index (χ4v) is 1.88. The van der Waals surface area contributed by atoms with Crippen molar-refractivity contribution in [3.8, 4) is 17.2 Å². The Labute approximate surface area is 118 Å². The van der Waals surface area contributed by atoms with Gasteiger partial charge in [0.25, 0.3) is 0 Å². The molecule has 2 aromatic carbocycles. The zero-order chi connectivity index (χ0) is 14.5. The molecule has 2 N–H and O–H groups in total. The minimum absolute atomic E-state index is 0.173. The smallest absolute Gasteiger partial charge is 0.167 e. The van der Waals surface area contributed by atoms with Gasteiger partial charge in [0.05, 0.1) is 6.61 Å². The molecule has 106 valence electrons. The molecule has 0 spiro atoms. The second-order valence-electron chi connectivity index (χ2n) is 4.45. The van der Waals surface area contributed by atoms with E-state index >= 15 is 0 Å². The van der Waals surface area contributed by atoms with Crippen molar-refractivity contribution in [2.24, 2.45) is 5.73 Å². The molecule has 0 unspecified atom stereocenters.